The highest BCUT2D eigenvalue weighted by Gasteiger charge is 2.23. The van der Waals surface area contributed by atoms with Crippen molar-refractivity contribution in [1.82, 2.24) is 4.90 Å². The first-order valence-corrected chi connectivity index (χ1v) is 7.26. The second kappa shape index (κ2) is 5.36. The standard InChI is InChI=1S/C14H18N2OS/c15-9-13(16-5-7-17-8-6-16)12-10-18-14-4-2-1-3-11(12)14/h1-4,10,13H,5-9,15H2. The monoisotopic (exact) mass is 262 g/mol. The Labute approximate surface area is 111 Å². The topological polar surface area (TPSA) is 38.5 Å². The lowest BCUT2D eigenvalue weighted by Crippen LogP contribution is -2.41. The molecule has 0 radical (unpaired) electrons. The molecule has 2 N–H and O–H groups in total. The van der Waals surface area contributed by atoms with E-state index in [-0.39, 0.29) is 0 Å². The molecule has 1 aromatic heterocycles. The number of rotatable bonds is 3. The molecule has 0 spiro atoms. The Hall–Kier alpha value is -0.940. The van der Waals surface area contributed by atoms with Crippen LogP contribution in [-0.2, 0) is 4.74 Å². The number of nitrogens with two attached hydrogens (primary N) is 1. The van der Waals surface area contributed by atoms with Gasteiger partial charge in [-0.1, -0.05) is 18.2 Å². The molecule has 1 aliphatic rings. The number of hydrogen-bond donors (Lipinski definition) is 1. The van der Waals surface area contributed by atoms with E-state index >= 15 is 0 Å². The largest absolute Gasteiger partial charge is 0.379 e. The molecule has 0 aliphatic carbocycles. The van der Waals surface area contributed by atoms with Crippen molar-refractivity contribution in [2.24, 2.45) is 5.73 Å². The molecule has 1 atom stereocenters. The first kappa shape index (κ1) is 12.1. The average Bonchev–Trinajstić information content (AvgIpc) is 2.85. The molecule has 0 saturated carbocycles. The number of hydrogen-bond acceptors (Lipinski definition) is 4. The minimum absolute atomic E-state index is 0.324. The van der Waals surface area contributed by atoms with Crippen LogP contribution >= 0.6 is 11.3 Å². The summed E-state index contributed by atoms with van der Waals surface area (Å²) in [5, 5.41) is 3.61. The SMILES string of the molecule is NCC(c1csc2ccccc12)N1CCOCC1. The van der Waals surface area contributed by atoms with Crippen molar-refractivity contribution in [3.8, 4) is 0 Å². The Morgan fingerprint density at radius 3 is 2.83 bits per heavy atom. The van der Waals surface area contributed by atoms with E-state index in [1.807, 2.05) is 11.3 Å². The number of nitrogens with zero attached hydrogens (tertiary/aromatic N) is 1. The van der Waals surface area contributed by atoms with Gasteiger partial charge in [0.05, 0.1) is 13.2 Å². The van der Waals surface area contributed by atoms with Crippen molar-refractivity contribution >= 4 is 21.4 Å². The third-order valence-corrected chi connectivity index (χ3v) is 4.56. The van der Waals surface area contributed by atoms with Crippen LogP contribution in [0, 0.1) is 0 Å². The lowest BCUT2D eigenvalue weighted by Gasteiger charge is -2.33. The summed E-state index contributed by atoms with van der Waals surface area (Å²) in [6.07, 6.45) is 0. The molecule has 1 unspecified atom stereocenters. The van der Waals surface area contributed by atoms with Gasteiger partial charge in [-0.3, -0.25) is 4.90 Å². The summed E-state index contributed by atoms with van der Waals surface area (Å²) in [6.45, 7) is 4.26. The minimum Gasteiger partial charge on any atom is -0.379 e. The van der Waals surface area contributed by atoms with Gasteiger partial charge in [-0.2, -0.15) is 0 Å². The molecule has 1 aromatic carbocycles. The van der Waals surface area contributed by atoms with Crippen LogP contribution in [-0.4, -0.2) is 37.7 Å². The molecule has 3 rings (SSSR count). The smallest absolute Gasteiger partial charge is 0.0594 e. The van der Waals surface area contributed by atoms with Gasteiger partial charge in [0, 0.05) is 30.4 Å². The molecule has 18 heavy (non-hydrogen) atoms. The Kier molecular flexibility index (Phi) is 3.61. The van der Waals surface area contributed by atoms with Crippen molar-refractivity contribution in [1.29, 1.82) is 0 Å². The fourth-order valence-electron chi connectivity index (χ4n) is 2.62. The first-order chi connectivity index (χ1) is 8.90. The van der Waals surface area contributed by atoms with Gasteiger partial charge in [-0.15, -0.1) is 11.3 Å². The zero-order chi connectivity index (χ0) is 12.4. The zero-order valence-corrected chi connectivity index (χ0v) is 11.2. The maximum atomic E-state index is 6.01. The van der Waals surface area contributed by atoms with Crippen LogP contribution in [0.2, 0.25) is 0 Å². The average molecular weight is 262 g/mol. The van der Waals surface area contributed by atoms with E-state index in [4.69, 9.17) is 10.5 Å². The van der Waals surface area contributed by atoms with E-state index in [1.165, 1.54) is 15.6 Å². The van der Waals surface area contributed by atoms with Crippen LogP contribution in [0.3, 0.4) is 0 Å². The van der Waals surface area contributed by atoms with Crippen LogP contribution in [0.4, 0.5) is 0 Å². The summed E-state index contributed by atoms with van der Waals surface area (Å²) in [6, 6.07) is 8.89. The molecule has 0 bridgehead atoms. The quantitative estimate of drug-likeness (QED) is 0.922. The molecule has 96 valence electrons. The van der Waals surface area contributed by atoms with Crippen LogP contribution in [0.15, 0.2) is 29.6 Å². The molecule has 2 aromatic rings. The van der Waals surface area contributed by atoms with Gasteiger partial charge in [0.15, 0.2) is 0 Å². The highest BCUT2D eigenvalue weighted by molar-refractivity contribution is 7.17. The van der Waals surface area contributed by atoms with Crippen molar-refractivity contribution in [2.75, 3.05) is 32.8 Å². The van der Waals surface area contributed by atoms with Crippen molar-refractivity contribution < 1.29 is 4.74 Å². The van der Waals surface area contributed by atoms with Crippen LogP contribution in [0.1, 0.15) is 11.6 Å². The number of thiophene rings is 1. The predicted octanol–water partition coefficient (Wildman–Crippen LogP) is 2.23. The van der Waals surface area contributed by atoms with Gasteiger partial charge >= 0.3 is 0 Å². The Morgan fingerprint density at radius 2 is 2.06 bits per heavy atom. The second-order valence-corrected chi connectivity index (χ2v) is 5.50. The summed E-state index contributed by atoms with van der Waals surface area (Å²) in [4.78, 5) is 2.44. The molecule has 2 heterocycles. The third-order valence-electron chi connectivity index (χ3n) is 3.58. The normalized spacial score (nSPS) is 19.2. The van der Waals surface area contributed by atoms with Crippen molar-refractivity contribution in [2.45, 2.75) is 6.04 Å². The molecule has 3 nitrogen and oxygen atoms in total. The van der Waals surface area contributed by atoms with Gasteiger partial charge in [0.25, 0.3) is 0 Å². The fraction of sp³-hybridized carbons (Fsp3) is 0.429. The molecule has 4 heteroatoms. The van der Waals surface area contributed by atoms with E-state index in [0.29, 0.717) is 12.6 Å². The summed E-state index contributed by atoms with van der Waals surface area (Å²) < 4.78 is 6.77. The van der Waals surface area contributed by atoms with Crippen molar-refractivity contribution in [3.05, 3.63) is 35.2 Å². The molecular formula is C14H18N2OS. The van der Waals surface area contributed by atoms with Crippen LogP contribution in [0.25, 0.3) is 10.1 Å². The Bertz CT molecular complexity index is 519. The number of fused-ring (bicyclic) bond motifs is 1. The van der Waals surface area contributed by atoms with Gasteiger partial charge in [-0.25, -0.2) is 0 Å². The van der Waals surface area contributed by atoms with E-state index in [1.54, 1.807) is 0 Å². The Balaban J connectivity index is 1.95. The fourth-order valence-corrected chi connectivity index (χ4v) is 3.63. The van der Waals surface area contributed by atoms with Crippen molar-refractivity contribution in [3.63, 3.8) is 0 Å². The van der Waals surface area contributed by atoms with Gasteiger partial charge in [-0.05, 0) is 22.4 Å². The van der Waals surface area contributed by atoms with Gasteiger partial charge in [0.2, 0.25) is 0 Å². The lowest BCUT2D eigenvalue weighted by atomic mass is 10.0. The van der Waals surface area contributed by atoms with Gasteiger partial charge < -0.3 is 10.5 Å². The summed E-state index contributed by atoms with van der Waals surface area (Å²) >= 11 is 1.81. The highest BCUT2D eigenvalue weighted by Crippen LogP contribution is 2.32. The summed E-state index contributed by atoms with van der Waals surface area (Å²) in [5.74, 6) is 0. The molecule has 1 saturated heterocycles. The van der Waals surface area contributed by atoms with E-state index in [9.17, 15) is 0 Å². The lowest BCUT2D eigenvalue weighted by molar-refractivity contribution is 0.0182. The number of ether oxygens (including phenoxy) is 1. The van der Waals surface area contributed by atoms with Gasteiger partial charge in [0.1, 0.15) is 0 Å². The number of morpholine rings is 1. The third kappa shape index (κ3) is 2.17. The van der Waals surface area contributed by atoms with E-state index in [2.05, 4.69) is 34.5 Å². The zero-order valence-electron chi connectivity index (χ0n) is 10.3. The molecule has 1 aliphatic heterocycles. The summed E-state index contributed by atoms with van der Waals surface area (Å²) in [7, 11) is 0. The summed E-state index contributed by atoms with van der Waals surface area (Å²) in [5.41, 5.74) is 7.38. The van der Waals surface area contributed by atoms with Crippen LogP contribution in [0.5, 0.6) is 0 Å². The second-order valence-electron chi connectivity index (χ2n) is 4.59. The minimum atomic E-state index is 0.324. The van der Waals surface area contributed by atoms with Crippen LogP contribution < -0.4 is 5.73 Å². The maximum Gasteiger partial charge on any atom is 0.0594 e. The van der Waals surface area contributed by atoms with E-state index < -0.39 is 0 Å². The van der Waals surface area contributed by atoms with E-state index in [0.717, 1.165) is 26.3 Å². The Morgan fingerprint density at radius 1 is 1.28 bits per heavy atom. The first-order valence-electron chi connectivity index (χ1n) is 6.38. The predicted molar refractivity (Wildman–Crippen MR) is 76.0 cm³/mol. The number of benzene rings is 1. The molecular weight excluding hydrogens is 244 g/mol. The maximum absolute atomic E-state index is 6.01. The molecule has 1 fully saturated rings. The molecule has 0 amide bonds. The highest BCUT2D eigenvalue weighted by atomic mass is 32.1.